The van der Waals surface area contributed by atoms with E-state index < -0.39 is 11.5 Å². The Kier molecular flexibility index (Phi) is 6.90. The average Bonchev–Trinajstić information content (AvgIpc) is 2.50. The smallest absolute Gasteiger partial charge is 0.278 e. The van der Waals surface area contributed by atoms with Gasteiger partial charge in [0.25, 0.3) is 5.69 Å². The first-order valence-corrected chi connectivity index (χ1v) is 6.88. The predicted molar refractivity (Wildman–Crippen MR) is 78.9 cm³/mol. The number of hydrogen-bond donors (Lipinski definition) is 1. The van der Waals surface area contributed by atoms with E-state index in [0.717, 1.165) is 19.6 Å². The van der Waals surface area contributed by atoms with Crippen molar-refractivity contribution in [2.75, 3.05) is 33.4 Å². The fourth-order valence-electron chi connectivity index (χ4n) is 1.98. The van der Waals surface area contributed by atoms with E-state index >= 15 is 0 Å². The van der Waals surface area contributed by atoms with Gasteiger partial charge in [0.05, 0.1) is 30.3 Å². The van der Waals surface area contributed by atoms with Crippen LogP contribution in [0.3, 0.4) is 0 Å². The van der Waals surface area contributed by atoms with Gasteiger partial charge in [-0.25, -0.2) is 0 Å². The first-order valence-electron chi connectivity index (χ1n) is 6.88. The number of aliphatic hydroxyl groups is 1. The van der Waals surface area contributed by atoms with E-state index in [2.05, 4.69) is 18.7 Å². The zero-order chi connectivity index (χ0) is 15.8. The monoisotopic (exact) mass is 298 g/mol. The van der Waals surface area contributed by atoms with E-state index in [0.29, 0.717) is 18.1 Å². The van der Waals surface area contributed by atoms with E-state index in [4.69, 9.17) is 9.47 Å². The minimum absolute atomic E-state index is 0.170. The van der Waals surface area contributed by atoms with Crippen LogP contribution >= 0.6 is 0 Å². The van der Waals surface area contributed by atoms with Crippen molar-refractivity contribution >= 4 is 5.69 Å². The molecule has 0 aliphatic carbocycles. The molecule has 0 aliphatic rings. The molecule has 0 radical (unpaired) electrons. The first kappa shape index (κ1) is 17.2. The fourth-order valence-corrected chi connectivity index (χ4v) is 1.98. The van der Waals surface area contributed by atoms with Gasteiger partial charge >= 0.3 is 0 Å². The van der Waals surface area contributed by atoms with E-state index in [-0.39, 0.29) is 11.3 Å². The number of rotatable bonds is 9. The molecule has 0 aromatic heterocycles. The second-order valence-electron chi connectivity index (χ2n) is 4.42. The van der Waals surface area contributed by atoms with Gasteiger partial charge in [0.15, 0.2) is 11.5 Å². The van der Waals surface area contributed by atoms with Crippen LogP contribution in [-0.4, -0.2) is 48.3 Å². The molecule has 0 bridgehead atoms. The Bertz CT molecular complexity index is 475. The van der Waals surface area contributed by atoms with Crippen LogP contribution in [0.2, 0.25) is 0 Å². The number of benzene rings is 1. The lowest BCUT2D eigenvalue weighted by Crippen LogP contribution is -2.28. The molecule has 1 aromatic carbocycles. The lowest BCUT2D eigenvalue weighted by atomic mass is 10.1. The van der Waals surface area contributed by atoms with E-state index in [1.165, 1.54) is 19.2 Å². The van der Waals surface area contributed by atoms with Crippen LogP contribution in [0, 0.1) is 10.1 Å². The molecule has 7 nitrogen and oxygen atoms in total. The van der Waals surface area contributed by atoms with Gasteiger partial charge in [-0.2, -0.15) is 0 Å². The molecule has 0 spiro atoms. The van der Waals surface area contributed by atoms with Crippen molar-refractivity contribution in [1.29, 1.82) is 0 Å². The standard InChI is InChI=1S/C14H22N2O5/c1-4-15(5-2)6-7-21-14-9-12(16(18)19)11(10-17)8-13(14)20-3/h8-9,17H,4-7,10H2,1-3H3. The van der Waals surface area contributed by atoms with Crippen LogP contribution in [0.15, 0.2) is 12.1 Å². The Hall–Kier alpha value is -1.86. The summed E-state index contributed by atoms with van der Waals surface area (Å²) in [4.78, 5) is 12.6. The van der Waals surface area contributed by atoms with Gasteiger partial charge in [0.2, 0.25) is 0 Å². The fraction of sp³-hybridized carbons (Fsp3) is 0.571. The van der Waals surface area contributed by atoms with E-state index in [9.17, 15) is 15.2 Å². The van der Waals surface area contributed by atoms with Gasteiger partial charge < -0.3 is 19.5 Å². The number of nitro groups is 1. The van der Waals surface area contributed by atoms with Crippen LogP contribution in [0.25, 0.3) is 0 Å². The quantitative estimate of drug-likeness (QED) is 0.553. The van der Waals surface area contributed by atoms with Gasteiger partial charge in [-0.3, -0.25) is 10.1 Å². The maximum atomic E-state index is 11.0. The highest BCUT2D eigenvalue weighted by Gasteiger charge is 2.19. The maximum absolute atomic E-state index is 11.0. The van der Waals surface area contributed by atoms with Crippen LogP contribution in [0.5, 0.6) is 11.5 Å². The summed E-state index contributed by atoms with van der Waals surface area (Å²) in [6.07, 6.45) is 0. The van der Waals surface area contributed by atoms with Crippen molar-refractivity contribution in [1.82, 2.24) is 4.90 Å². The van der Waals surface area contributed by atoms with Crippen LogP contribution in [0.1, 0.15) is 19.4 Å². The molecule has 0 heterocycles. The van der Waals surface area contributed by atoms with Crippen LogP contribution in [0.4, 0.5) is 5.69 Å². The summed E-state index contributed by atoms with van der Waals surface area (Å²) >= 11 is 0. The minimum atomic E-state index is -0.539. The molecular formula is C14H22N2O5. The molecule has 0 amide bonds. The summed E-state index contributed by atoms with van der Waals surface area (Å²) in [6, 6.07) is 2.73. The highest BCUT2D eigenvalue weighted by atomic mass is 16.6. The Morgan fingerprint density at radius 2 is 1.95 bits per heavy atom. The van der Waals surface area contributed by atoms with Gasteiger partial charge in [-0.05, 0) is 19.2 Å². The van der Waals surface area contributed by atoms with Gasteiger partial charge in [0, 0.05) is 6.54 Å². The zero-order valence-electron chi connectivity index (χ0n) is 12.7. The maximum Gasteiger partial charge on any atom is 0.278 e. The van der Waals surface area contributed by atoms with Crippen molar-refractivity contribution in [2.45, 2.75) is 20.5 Å². The molecule has 0 unspecified atom stereocenters. The van der Waals surface area contributed by atoms with Gasteiger partial charge in [0.1, 0.15) is 6.61 Å². The predicted octanol–water partition coefficient (Wildman–Crippen LogP) is 1.82. The molecule has 7 heteroatoms. The Labute approximate surface area is 124 Å². The van der Waals surface area contributed by atoms with Crippen LogP contribution in [-0.2, 0) is 6.61 Å². The topological polar surface area (TPSA) is 85.1 Å². The lowest BCUT2D eigenvalue weighted by Gasteiger charge is -2.18. The van der Waals surface area contributed by atoms with Crippen molar-refractivity contribution < 1.29 is 19.5 Å². The van der Waals surface area contributed by atoms with E-state index in [1.54, 1.807) is 0 Å². The summed E-state index contributed by atoms with van der Waals surface area (Å²) in [5.41, 5.74) is 0.0316. The highest BCUT2D eigenvalue weighted by Crippen LogP contribution is 2.34. The lowest BCUT2D eigenvalue weighted by molar-refractivity contribution is -0.385. The number of ether oxygens (including phenoxy) is 2. The molecule has 0 aliphatic heterocycles. The van der Waals surface area contributed by atoms with Crippen molar-refractivity contribution in [2.24, 2.45) is 0 Å². The normalized spacial score (nSPS) is 10.7. The molecule has 0 atom stereocenters. The van der Waals surface area contributed by atoms with Crippen molar-refractivity contribution in [3.05, 3.63) is 27.8 Å². The summed E-state index contributed by atoms with van der Waals surface area (Å²) in [5, 5.41) is 20.2. The Morgan fingerprint density at radius 1 is 1.29 bits per heavy atom. The van der Waals surface area contributed by atoms with Gasteiger partial charge in [-0.1, -0.05) is 13.8 Å². The first-order chi connectivity index (χ1) is 10.1. The molecule has 1 rings (SSSR count). The third kappa shape index (κ3) is 4.57. The second kappa shape index (κ2) is 8.43. The molecule has 0 fully saturated rings. The molecule has 0 saturated heterocycles. The molecule has 118 valence electrons. The third-order valence-electron chi connectivity index (χ3n) is 3.29. The number of likely N-dealkylation sites (N-methyl/N-ethyl adjacent to an activating group) is 1. The second-order valence-corrected chi connectivity index (χ2v) is 4.42. The summed E-state index contributed by atoms with van der Waals surface area (Å²) < 4.78 is 10.8. The molecule has 1 aromatic rings. The molecule has 21 heavy (non-hydrogen) atoms. The number of nitrogens with zero attached hydrogens (tertiary/aromatic N) is 2. The van der Waals surface area contributed by atoms with Gasteiger partial charge in [-0.15, -0.1) is 0 Å². The largest absolute Gasteiger partial charge is 0.493 e. The summed E-state index contributed by atoms with van der Waals surface area (Å²) in [5.74, 6) is 0.692. The summed E-state index contributed by atoms with van der Waals surface area (Å²) in [7, 11) is 1.46. The van der Waals surface area contributed by atoms with Crippen molar-refractivity contribution in [3.8, 4) is 11.5 Å². The molecule has 0 saturated carbocycles. The zero-order valence-corrected chi connectivity index (χ0v) is 12.7. The SMILES string of the molecule is CCN(CC)CCOc1cc([N+](=O)[O-])c(CO)cc1OC. The Morgan fingerprint density at radius 3 is 2.43 bits per heavy atom. The number of hydrogen-bond acceptors (Lipinski definition) is 6. The highest BCUT2D eigenvalue weighted by molar-refractivity contribution is 5.54. The molecular weight excluding hydrogens is 276 g/mol. The average molecular weight is 298 g/mol. The number of nitro benzene ring substituents is 1. The minimum Gasteiger partial charge on any atom is -0.493 e. The number of aliphatic hydroxyl groups excluding tert-OH is 1. The number of methoxy groups -OCH3 is 1. The van der Waals surface area contributed by atoms with Crippen LogP contribution < -0.4 is 9.47 Å². The Balaban J connectivity index is 2.89. The van der Waals surface area contributed by atoms with E-state index in [1.807, 2.05) is 0 Å². The summed E-state index contributed by atoms with van der Waals surface area (Å²) in [6.45, 7) is 6.67. The molecule has 1 N–H and O–H groups in total. The van der Waals surface area contributed by atoms with Crippen molar-refractivity contribution in [3.63, 3.8) is 0 Å². The third-order valence-corrected chi connectivity index (χ3v) is 3.29.